The summed E-state index contributed by atoms with van der Waals surface area (Å²) in [5, 5.41) is 0. The van der Waals surface area contributed by atoms with Crippen molar-refractivity contribution in [1.29, 1.82) is 0 Å². The third kappa shape index (κ3) is 4.13. The van der Waals surface area contributed by atoms with E-state index in [1.165, 1.54) is 0 Å². The third-order valence-corrected chi connectivity index (χ3v) is 4.63. The lowest BCUT2D eigenvalue weighted by molar-refractivity contribution is 0.194. The molecular formula is C13H20O3S. The van der Waals surface area contributed by atoms with Crippen molar-refractivity contribution >= 4 is 9.84 Å². The van der Waals surface area contributed by atoms with Crippen molar-refractivity contribution in [3.8, 4) is 0 Å². The van der Waals surface area contributed by atoms with Gasteiger partial charge in [0.1, 0.15) is 0 Å². The van der Waals surface area contributed by atoms with Gasteiger partial charge in [-0.3, -0.25) is 0 Å². The molecule has 1 aromatic rings. The fourth-order valence-corrected chi connectivity index (χ4v) is 3.43. The van der Waals surface area contributed by atoms with E-state index >= 15 is 0 Å². The normalized spacial score (nSPS) is 11.7. The second-order valence-corrected chi connectivity index (χ2v) is 6.37. The largest absolute Gasteiger partial charge is 0.385 e. The minimum atomic E-state index is -3.14. The van der Waals surface area contributed by atoms with Gasteiger partial charge in [0.2, 0.25) is 0 Å². The summed E-state index contributed by atoms with van der Waals surface area (Å²) in [6, 6.07) is 5.45. The van der Waals surface area contributed by atoms with E-state index < -0.39 is 9.84 Å². The van der Waals surface area contributed by atoms with Crippen LogP contribution >= 0.6 is 0 Å². The molecule has 0 unspecified atom stereocenters. The standard InChI is InChI=1S/C13H20O3S/c1-11-6-7-13(12(2)10-11)17(14,15)9-5-4-8-16-3/h6-7,10H,4-5,8-9H2,1-3H3. The predicted octanol–water partition coefficient (Wildman–Crippen LogP) is 2.50. The first-order valence-electron chi connectivity index (χ1n) is 5.76. The minimum Gasteiger partial charge on any atom is -0.385 e. The summed E-state index contributed by atoms with van der Waals surface area (Å²) in [6.07, 6.45) is 1.42. The van der Waals surface area contributed by atoms with Crippen LogP contribution in [0.25, 0.3) is 0 Å². The molecule has 0 aliphatic heterocycles. The Morgan fingerprint density at radius 3 is 2.47 bits per heavy atom. The van der Waals surface area contributed by atoms with Crippen molar-refractivity contribution in [2.45, 2.75) is 31.6 Å². The van der Waals surface area contributed by atoms with Crippen LogP contribution in [0.5, 0.6) is 0 Å². The van der Waals surface area contributed by atoms with Crippen molar-refractivity contribution < 1.29 is 13.2 Å². The highest BCUT2D eigenvalue weighted by atomic mass is 32.2. The maximum Gasteiger partial charge on any atom is 0.178 e. The number of unbranched alkanes of at least 4 members (excludes halogenated alkanes) is 1. The number of methoxy groups -OCH3 is 1. The predicted molar refractivity (Wildman–Crippen MR) is 69.1 cm³/mol. The smallest absolute Gasteiger partial charge is 0.178 e. The topological polar surface area (TPSA) is 43.4 Å². The molecule has 3 nitrogen and oxygen atoms in total. The Kier molecular flexibility index (Phi) is 5.15. The molecule has 1 rings (SSSR count). The molecule has 0 N–H and O–H groups in total. The highest BCUT2D eigenvalue weighted by Gasteiger charge is 2.16. The molecule has 0 aliphatic carbocycles. The number of benzene rings is 1. The van der Waals surface area contributed by atoms with Crippen LogP contribution < -0.4 is 0 Å². The van der Waals surface area contributed by atoms with E-state index in [0.717, 1.165) is 17.5 Å². The van der Waals surface area contributed by atoms with Crippen molar-refractivity contribution in [2.75, 3.05) is 19.5 Å². The van der Waals surface area contributed by atoms with Crippen LogP contribution in [0.2, 0.25) is 0 Å². The summed E-state index contributed by atoms with van der Waals surface area (Å²) in [4.78, 5) is 0.459. The number of hydrogen-bond donors (Lipinski definition) is 0. The zero-order chi connectivity index (χ0) is 12.9. The van der Waals surface area contributed by atoms with Crippen LogP contribution in [-0.4, -0.2) is 27.9 Å². The summed E-state index contributed by atoms with van der Waals surface area (Å²) in [5.41, 5.74) is 1.91. The van der Waals surface area contributed by atoms with Crippen molar-refractivity contribution in [2.24, 2.45) is 0 Å². The number of rotatable bonds is 6. The van der Waals surface area contributed by atoms with Gasteiger partial charge in [-0.1, -0.05) is 17.7 Å². The van der Waals surface area contributed by atoms with E-state index in [1.807, 2.05) is 26.0 Å². The van der Waals surface area contributed by atoms with E-state index in [-0.39, 0.29) is 5.75 Å². The van der Waals surface area contributed by atoms with Crippen molar-refractivity contribution in [3.05, 3.63) is 29.3 Å². The molecule has 0 saturated heterocycles. The van der Waals surface area contributed by atoms with E-state index in [2.05, 4.69) is 0 Å². The Hall–Kier alpha value is -0.870. The minimum absolute atomic E-state index is 0.195. The van der Waals surface area contributed by atoms with Crippen LogP contribution in [0.15, 0.2) is 23.1 Å². The molecule has 0 bridgehead atoms. The molecular weight excluding hydrogens is 236 g/mol. The quantitative estimate of drug-likeness (QED) is 0.734. The Labute approximate surface area is 104 Å². The van der Waals surface area contributed by atoms with Crippen LogP contribution in [0.3, 0.4) is 0 Å². The van der Waals surface area contributed by atoms with E-state index in [4.69, 9.17) is 4.74 Å². The van der Waals surface area contributed by atoms with Crippen molar-refractivity contribution in [3.63, 3.8) is 0 Å². The Morgan fingerprint density at radius 1 is 1.18 bits per heavy atom. The summed E-state index contributed by atoms with van der Waals surface area (Å²) < 4.78 is 29.1. The van der Waals surface area contributed by atoms with Gasteiger partial charge in [0, 0.05) is 13.7 Å². The van der Waals surface area contributed by atoms with Crippen molar-refractivity contribution in [1.82, 2.24) is 0 Å². The molecule has 1 aromatic carbocycles. The average Bonchev–Trinajstić information content (AvgIpc) is 2.24. The maximum atomic E-state index is 12.1. The van der Waals surface area contributed by atoms with Gasteiger partial charge in [-0.15, -0.1) is 0 Å². The lowest BCUT2D eigenvalue weighted by atomic mass is 10.2. The highest BCUT2D eigenvalue weighted by molar-refractivity contribution is 7.91. The lowest BCUT2D eigenvalue weighted by Gasteiger charge is -2.08. The molecule has 0 spiro atoms. The molecule has 0 fully saturated rings. The molecule has 0 heterocycles. The van der Waals surface area contributed by atoms with Gasteiger partial charge >= 0.3 is 0 Å². The second-order valence-electron chi connectivity index (χ2n) is 4.29. The van der Waals surface area contributed by atoms with Crippen LogP contribution in [0.4, 0.5) is 0 Å². The summed E-state index contributed by atoms with van der Waals surface area (Å²) >= 11 is 0. The summed E-state index contributed by atoms with van der Waals surface area (Å²) in [5.74, 6) is 0.195. The fraction of sp³-hybridized carbons (Fsp3) is 0.538. The average molecular weight is 256 g/mol. The molecule has 0 amide bonds. The first-order valence-corrected chi connectivity index (χ1v) is 7.41. The van der Waals surface area contributed by atoms with Gasteiger partial charge in [0.15, 0.2) is 9.84 Å². The molecule has 0 radical (unpaired) electrons. The molecule has 4 heteroatoms. The third-order valence-electron chi connectivity index (χ3n) is 2.68. The molecule has 0 saturated carbocycles. The molecule has 0 aromatic heterocycles. The van der Waals surface area contributed by atoms with Gasteiger partial charge in [-0.2, -0.15) is 0 Å². The summed E-state index contributed by atoms with van der Waals surface area (Å²) in [7, 11) is -1.52. The first-order chi connectivity index (χ1) is 7.97. The SMILES string of the molecule is COCCCCS(=O)(=O)c1ccc(C)cc1C. The number of ether oxygens (including phenoxy) is 1. The van der Waals surface area contributed by atoms with E-state index in [1.54, 1.807) is 13.2 Å². The maximum absolute atomic E-state index is 12.1. The van der Waals surface area contributed by atoms with E-state index in [0.29, 0.717) is 17.9 Å². The van der Waals surface area contributed by atoms with Gasteiger partial charge in [-0.05, 0) is 38.3 Å². The molecule has 0 atom stereocenters. The molecule has 0 aliphatic rings. The lowest BCUT2D eigenvalue weighted by Crippen LogP contribution is -2.09. The Morgan fingerprint density at radius 2 is 1.88 bits per heavy atom. The van der Waals surface area contributed by atoms with Gasteiger partial charge < -0.3 is 4.74 Å². The summed E-state index contributed by atoms with van der Waals surface area (Å²) in [6.45, 7) is 4.42. The van der Waals surface area contributed by atoms with E-state index in [9.17, 15) is 8.42 Å². The van der Waals surface area contributed by atoms with Gasteiger partial charge in [0.25, 0.3) is 0 Å². The monoisotopic (exact) mass is 256 g/mol. The van der Waals surface area contributed by atoms with Gasteiger partial charge in [-0.25, -0.2) is 8.42 Å². The Balaban J connectivity index is 2.76. The van der Waals surface area contributed by atoms with Crippen LogP contribution in [0.1, 0.15) is 24.0 Å². The number of hydrogen-bond acceptors (Lipinski definition) is 3. The molecule has 17 heavy (non-hydrogen) atoms. The van der Waals surface area contributed by atoms with Crippen LogP contribution in [0, 0.1) is 13.8 Å². The molecule has 96 valence electrons. The zero-order valence-electron chi connectivity index (χ0n) is 10.7. The Bertz CT molecular complexity index is 464. The second kappa shape index (κ2) is 6.17. The van der Waals surface area contributed by atoms with Crippen LogP contribution in [-0.2, 0) is 14.6 Å². The highest BCUT2D eigenvalue weighted by Crippen LogP contribution is 2.18. The zero-order valence-corrected chi connectivity index (χ0v) is 11.5. The number of aryl methyl sites for hydroxylation is 2. The fourth-order valence-electron chi connectivity index (χ4n) is 1.80. The first kappa shape index (κ1) is 14.2. The number of sulfone groups is 1. The van der Waals surface area contributed by atoms with Gasteiger partial charge in [0.05, 0.1) is 10.6 Å².